The van der Waals surface area contributed by atoms with E-state index >= 15 is 0 Å². The van der Waals surface area contributed by atoms with Crippen LogP contribution in [0.3, 0.4) is 0 Å². The van der Waals surface area contributed by atoms with Crippen LogP contribution < -0.4 is 0 Å². The molecule has 0 aliphatic carbocycles. The molecule has 1 aliphatic heterocycles. The SMILES string of the molecule is CC(C)(C)OC(=O)N1CCN(Cc2ccc(Br)cc2C(F)(F)F)CC1. The van der Waals surface area contributed by atoms with Crippen molar-refractivity contribution in [2.24, 2.45) is 0 Å². The second-order valence-electron chi connectivity index (χ2n) is 7.04. The second-order valence-corrected chi connectivity index (χ2v) is 7.96. The Kier molecular flexibility index (Phi) is 6.04. The summed E-state index contributed by atoms with van der Waals surface area (Å²) in [5.41, 5.74) is -0.953. The number of rotatable bonds is 2. The molecular weight excluding hydrogens is 401 g/mol. The summed E-state index contributed by atoms with van der Waals surface area (Å²) in [5, 5.41) is 0. The van der Waals surface area contributed by atoms with Gasteiger partial charge in [0.2, 0.25) is 0 Å². The Morgan fingerprint density at radius 3 is 2.28 bits per heavy atom. The average molecular weight is 423 g/mol. The maximum absolute atomic E-state index is 13.2. The molecular formula is C17H22BrF3N2O2. The van der Waals surface area contributed by atoms with Gasteiger partial charge < -0.3 is 9.64 Å². The molecule has 0 radical (unpaired) electrons. The van der Waals surface area contributed by atoms with Gasteiger partial charge in [0.25, 0.3) is 0 Å². The van der Waals surface area contributed by atoms with Crippen LogP contribution in [-0.2, 0) is 17.5 Å². The number of ether oxygens (including phenoxy) is 1. The van der Waals surface area contributed by atoms with Crippen molar-refractivity contribution in [1.29, 1.82) is 0 Å². The molecule has 0 atom stereocenters. The third kappa shape index (κ3) is 5.88. The van der Waals surface area contributed by atoms with Gasteiger partial charge in [0.05, 0.1) is 5.56 Å². The van der Waals surface area contributed by atoms with E-state index in [1.165, 1.54) is 6.07 Å². The summed E-state index contributed by atoms with van der Waals surface area (Å²) < 4.78 is 45.3. The topological polar surface area (TPSA) is 32.8 Å². The van der Waals surface area contributed by atoms with Crippen LogP contribution >= 0.6 is 15.9 Å². The Labute approximate surface area is 154 Å². The molecule has 0 saturated carbocycles. The van der Waals surface area contributed by atoms with Crippen molar-refractivity contribution >= 4 is 22.0 Å². The van der Waals surface area contributed by atoms with E-state index < -0.39 is 17.3 Å². The number of alkyl halides is 3. The summed E-state index contributed by atoms with van der Waals surface area (Å²) in [5.74, 6) is 0. The summed E-state index contributed by atoms with van der Waals surface area (Å²) in [6.07, 6.45) is -4.77. The molecule has 25 heavy (non-hydrogen) atoms. The summed E-state index contributed by atoms with van der Waals surface area (Å²) in [4.78, 5) is 15.5. The molecule has 1 heterocycles. The number of hydrogen-bond acceptors (Lipinski definition) is 3. The predicted molar refractivity (Wildman–Crippen MR) is 92.2 cm³/mol. The van der Waals surface area contributed by atoms with Crippen LogP contribution in [0.5, 0.6) is 0 Å². The van der Waals surface area contributed by atoms with Gasteiger partial charge in [0.1, 0.15) is 5.60 Å². The summed E-state index contributed by atoms with van der Waals surface area (Å²) in [6, 6.07) is 4.21. The highest BCUT2D eigenvalue weighted by Crippen LogP contribution is 2.34. The van der Waals surface area contributed by atoms with Crippen LogP contribution in [0.4, 0.5) is 18.0 Å². The van der Waals surface area contributed by atoms with Crippen molar-refractivity contribution in [3.05, 3.63) is 33.8 Å². The zero-order valence-electron chi connectivity index (χ0n) is 14.5. The van der Waals surface area contributed by atoms with Gasteiger partial charge in [-0.2, -0.15) is 13.2 Å². The summed E-state index contributed by atoms with van der Waals surface area (Å²) in [6.45, 7) is 7.48. The van der Waals surface area contributed by atoms with Crippen LogP contribution in [0.2, 0.25) is 0 Å². The van der Waals surface area contributed by atoms with Crippen molar-refractivity contribution in [2.75, 3.05) is 26.2 Å². The highest BCUT2D eigenvalue weighted by molar-refractivity contribution is 9.10. The predicted octanol–water partition coefficient (Wildman–Crippen LogP) is 4.52. The highest BCUT2D eigenvalue weighted by atomic mass is 79.9. The molecule has 1 aromatic rings. The van der Waals surface area contributed by atoms with Crippen molar-refractivity contribution in [2.45, 2.75) is 39.1 Å². The van der Waals surface area contributed by atoms with E-state index in [0.717, 1.165) is 6.07 Å². The van der Waals surface area contributed by atoms with Gasteiger partial charge in [-0.3, -0.25) is 4.90 Å². The molecule has 1 fully saturated rings. The first-order chi connectivity index (χ1) is 11.5. The average Bonchev–Trinajstić information content (AvgIpc) is 2.47. The van der Waals surface area contributed by atoms with Crippen LogP contribution in [-0.4, -0.2) is 47.7 Å². The Hall–Kier alpha value is -1.28. The third-order valence-corrected chi connectivity index (χ3v) is 4.29. The lowest BCUT2D eigenvalue weighted by atomic mass is 10.1. The van der Waals surface area contributed by atoms with E-state index in [1.54, 1.807) is 31.7 Å². The number of halogens is 4. The fraction of sp³-hybridized carbons (Fsp3) is 0.588. The standard InChI is InChI=1S/C17H22BrF3N2O2/c1-16(2,3)25-15(24)23-8-6-22(7-9-23)11-12-4-5-13(18)10-14(12)17(19,20)21/h4-5,10H,6-9,11H2,1-3H3. The Balaban J connectivity index is 1.98. The Morgan fingerprint density at radius 1 is 1.16 bits per heavy atom. The number of carbonyl (C=O) groups is 1. The Bertz CT molecular complexity index is 621. The van der Waals surface area contributed by atoms with Crippen LogP contribution in [0.25, 0.3) is 0 Å². The molecule has 0 bridgehead atoms. The first kappa shape index (κ1) is 20.0. The van der Waals surface area contributed by atoms with E-state index in [9.17, 15) is 18.0 Å². The minimum absolute atomic E-state index is 0.199. The van der Waals surface area contributed by atoms with Crippen LogP contribution in [0, 0.1) is 0 Å². The number of benzene rings is 1. The molecule has 4 nitrogen and oxygen atoms in total. The highest BCUT2D eigenvalue weighted by Gasteiger charge is 2.34. The molecule has 1 amide bonds. The first-order valence-corrected chi connectivity index (χ1v) is 8.81. The number of piperazine rings is 1. The second kappa shape index (κ2) is 7.53. The van der Waals surface area contributed by atoms with Gasteiger partial charge in [-0.05, 0) is 38.5 Å². The quantitative estimate of drug-likeness (QED) is 0.702. The van der Waals surface area contributed by atoms with Gasteiger partial charge in [0.15, 0.2) is 0 Å². The van der Waals surface area contributed by atoms with Gasteiger partial charge >= 0.3 is 12.3 Å². The van der Waals surface area contributed by atoms with Crippen molar-refractivity contribution < 1.29 is 22.7 Å². The summed E-state index contributed by atoms with van der Waals surface area (Å²) >= 11 is 3.09. The lowest BCUT2D eigenvalue weighted by molar-refractivity contribution is -0.138. The van der Waals surface area contributed by atoms with Crippen LogP contribution in [0.15, 0.2) is 22.7 Å². The number of hydrogen-bond donors (Lipinski definition) is 0. The summed E-state index contributed by atoms with van der Waals surface area (Å²) in [7, 11) is 0. The van der Waals surface area contributed by atoms with E-state index in [4.69, 9.17) is 4.74 Å². The number of amides is 1. The normalized spacial score (nSPS) is 16.8. The fourth-order valence-corrected chi connectivity index (χ4v) is 2.97. The minimum Gasteiger partial charge on any atom is -0.444 e. The first-order valence-electron chi connectivity index (χ1n) is 8.01. The lowest BCUT2D eigenvalue weighted by Gasteiger charge is -2.35. The molecule has 8 heteroatoms. The van der Waals surface area contributed by atoms with Gasteiger partial charge in [-0.1, -0.05) is 22.0 Å². The van der Waals surface area contributed by atoms with E-state index in [-0.39, 0.29) is 18.2 Å². The minimum atomic E-state index is -4.39. The molecule has 0 N–H and O–H groups in total. The molecule has 2 rings (SSSR count). The molecule has 1 aliphatic rings. The van der Waals surface area contributed by atoms with Gasteiger partial charge in [-0.15, -0.1) is 0 Å². The molecule has 0 unspecified atom stereocenters. The molecule has 1 aromatic carbocycles. The van der Waals surface area contributed by atoms with Gasteiger partial charge in [-0.25, -0.2) is 4.79 Å². The van der Waals surface area contributed by atoms with Gasteiger partial charge in [0, 0.05) is 37.2 Å². The van der Waals surface area contributed by atoms with Crippen LogP contribution in [0.1, 0.15) is 31.9 Å². The molecule has 1 saturated heterocycles. The Morgan fingerprint density at radius 2 is 1.76 bits per heavy atom. The molecule has 140 valence electrons. The monoisotopic (exact) mass is 422 g/mol. The maximum Gasteiger partial charge on any atom is 0.416 e. The molecule has 0 aromatic heterocycles. The van der Waals surface area contributed by atoms with E-state index in [0.29, 0.717) is 30.7 Å². The van der Waals surface area contributed by atoms with Crippen molar-refractivity contribution in [1.82, 2.24) is 9.80 Å². The zero-order valence-corrected chi connectivity index (χ0v) is 16.1. The number of carbonyl (C=O) groups excluding carboxylic acids is 1. The van der Waals surface area contributed by atoms with E-state index in [2.05, 4.69) is 15.9 Å². The lowest BCUT2D eigenvalue weighted by Crippen LogP contribution is -2.49. The van der Waals surface area contributed by atoms with E-state index in [1.807, 2.05) is 4.90 Å². The fourth-order valence-electron chi connectivity index (χ4n) is 2.61. The van der Waals surface area contributed by atoms with Crippen molar-refractivity contribution in [3.63, 3.8) is 0 Å². The molecule has 0 spiro atoms. The maximum atomic E-state index is 13.2. The number of nitrogens with zero attached hydrogens (tertiary/aromatic N) is 2. The largest absolute Gasteiger partial charge is 0.444 e. The van der Waals surface area contributed by atoms with Crippen molar-refractivity contribution in [3.8, 4) is 0 Å². The zero-order chi connectivity index (χ0) is 18.8. The smallest absolute Gasteiger partial charge is 0.416 e. The third-order valence-electron chi connectivity index (χ3n) is 3.80.